The number of fused-ring (bicyclic) bond motifs is 1. The Morgan fingerprint density at radius 2 is 1.83 bits per heavy atom. The Kier molecular flexibility index (Phi) is 4.19. The van der Waals surface area contributed by atoms with Crippen LogP contribution in [0.1, 0.15) is 18.9 Å². The maximum atomic E-state index is 12.5. The maximum Gasteiger partial charge on any atom is 0.419 e. The van der Waals surface area contributed by atoms with Crippen LogP contribution in [0.5, 0.6) is 0 Å². The third kappa shape index (κ3) is 3.07. The molecule has 1 N–H and O–H groups in total. The number of aryl methyl sites for hydroxylation is 2. The third-order valence-corrected chi connectivity index (χ3v) is 5.20. The van der Waals surface area contributed by atoms with Crippen LogP contribution in [0.3, 0.4) is 0 Å². The molecule has 0 unspecified atom stereocenters. The van der Waals surface area contributed by atoms with Crippen molar-refractivity contribution in [2.75, 3.05) is 4.72 Å². The molecule has 2 aromatic carbocycles. The molecule has 3 aromatic rings. The van der Waals surface area contributed by atoms with Crippen LogP contribution in [0.25, 0.3) is 11.1 Å². The van der Waals surface area contributed by atoms with Gasteiger partial charge < -0.3 is 4.42 Å². The number of oxazole rings is 1. The Bertz CT molecular complexity index is 1030. The van der Waals surface area contributed by atoms with Gasteiger partial charge in [0.1, 0.15) is 0 Å². The highest BCUT2D eigenvalue weighted by atomic mass is 32.2. The molecule has 0 atom stereocenters. The van der Waals surface area contributed by atoms with Crippen molar-refractivity contribution >= 4 is 26.8 Å². The van der Waals surface area contributed by atoms with E-state index in [-0.39, 0.29) is 10.5 Å². The Hall–Kier alpha value is -2.54. The smallest absolute Gasteiger partial charge is 0.408 e. The molecular formula is C17H18N2O4S. The molecular weight excluding hydrogens is 328 g/mol. The van der Waals surface area contributed by atoms with Crippen LogP contribution < -0.4 is 10.5 Å². The topological polar surface area (TPSA) is 81.3 Å². The van der Waals surface area contributed by atoms with E-state index < -0.39 is 15.8 Å². The summed E-state index contributed by atoms with van der Waals surface area (Å²) in [4.78, 5) is 11.6. The molecule has 0 aliphatic rings. The first-order chi connectivity index (χ1) is 11.4. The van der Waals surface area contributed by atoms with Crippen LogP contribution in [0.4, 0.5) is 5.69 Å². The number of aromatic nitrogens is 1. The van der Waals surface area contributed by atoms with E-state index >= 15 is 0 Å². The minimum atomic E-state index is -3.75. The number of rotatable bonds is 5. The molecule has 0 saturated heterocycles. The molecule has 0 amide bonds. The normalized spacial score (nSPS) is 11.8. The Morgan fingerprint density at radius 1 is 1.12 bits per heavy atom. The van der Waals surface area contributed by atoms with E-state index in [1.165, 1.54) is 16.7 Å². The summed E-state index contributed by atoms with van der Waals surface area (Å²) < 4.78 is 33.9. The number of sulfonamides is 1. The molecule has 7 heteroatoms. The second-order valence-electron chi connectivity index (χ2n) is 5.61. The number of hydrogen-bond donors (Lipinski definition) is 1. The summed E-state index contributed by atoms with van der Waals surface area (Å²) >= 11 is 0. The van der Waals surface area contributed by atoms with E-state index in [0.717, 1.165) is 18.4 Å². The predicted octanol–water partition coefficient (Wildman–Crippen LogP) is 2.88. The van der Waals surface area contributed by atoms with Gasteiger partial charge >= 0.3 is 5.76 Å². The number of nitrogens with one attached hydrogen (secondary N) is 1. The average molecular weight is 346 g/mol. The van der Waals surface area contributed by atoms with Crippen LogP contribution in [0, 0.1) is 0 Å². The molecule has 3 rings (SSSR count). The zero-order chi connectivity index (χ0) is 17.3. The second-order valence-corrected chi connectivity index (χ2v) is 7.29. The van der Waals surface area contributed by atoms with Gasteiger partial charge in [0.15, 0.2) is 5.58 Å². The lowest BCUT2D eigenvalue weighted by molar-refractivity contribution is 0.527. The van der Waals surface area contributed by atoms with E-state index in [2.05, 4.69) is 11.6 Å². The fourth-order valence-corrected chi connectivity index (χ4v) is 3.60. The highest BCUT2D eigenvalue weighted by Gasteiger charge is 2.17. The second kappa shape index (κ2) is 6.16. The van der Waals surface area contributed by atoms with E-state index in [4.69, 9.17) is 4.42 Å². The fourth-order valence-electron chi connectivity index (χ4n) is 2.52. The van der Waals surface area contributed by atoms with Gasteiger partial charge in [0.25, 0.3) is 10.0 Å². The van der Waals surface area contributed by atoms with Gasteiger partial charge in [0, 0.05) is 18.8 Å². The maximum absolute atomic E-state index is 12.5. The van der Waals surface area contributed by atoms with Crippen molar-refractivity contribution in [3.05, 3.63) is 58.6 Å². The lowest BCUT2D eigenvalue weighted by Crippen LogP contribution is -2.13. The molecule has 0 spiro atoms. The van der Waals surface area contributed by atoms with Crippen molar-refractivity contribution in [1.29, 1.82) is 0 Å². The molecule has 0 bridgehead atoms. The molecule has 24 heavy (non-hydrogen) atoms. The minimum absolute atomic E-state index is 0.0435. The van der Waals surface area contributed by atoms with E-state index in [1.54, 1.807) is 25.2 Å². The standard InChI is InChI=1S/C17H18N2O4S/c1-3-4-12-5-7-13(8-6-12)18-24(21,22)14-9-10-15-16(11-14)23-17(20)19(15)2/h5-11,18H,3-4H2,1-2H3. The van der Waals surface area contributed by atoms with Gasteiger partial charge in [-0.1, -0.05) is 25.5 Å². The molecule has 126 valence electrons. The lowest BCUT2D eigenvalue weighted by Gasteiger charge is -2.09. The minimum Gasteiger partial charge on any atom is -0.408 e. The molecule has 0 aliphatic carbocycles. The number of benzene rings is 2. The van der Waals surface area contributed by atoms with Crippen LogP contribution in [0.15, 0.2) is 56.6 Å². The Labute approximate surface area is 139 Å². The van der Waals surface area contributed by atoms with Gasteiger partial charge in [-0.2, -0.15) is 0 Å². The first-order valence-corrected chi connectivity index (χ1v) is 9.10. The van der Waals surface area contributed by atoms with Gasteiger partial charge in [-0.3, -0.25) is 9.29 Å². The molecule has 6 nitrogen and oxygen atoms in total. The molecule has 0 fully saturated rings. The Morgan fingerprint density at radius 3 is 2.50 bits per heavy atom. The molecule has 0 aliphatic heterocycles. The van der Waals surface area contributed by atoms with E-state index in [1.807, 2.05) is 12.1 Å². The van der Waals surface area contributed by atoms with Crippen molar-refractivity contribution in [3.8, 4) is 0 Å². The van der Waals surface area contributed by atoms with Crippen molar-refractivity contribution in [1.82, 2.24) is 4.57 Å². The first-order valence-electron chi connectivity index (χ1n) is 7.62. The largest absolute Gasteiger partial charge is 0.419 e. The van der Waals surface area contributed by atoms with E-state index in [0.29, 0.717) is 11.2 Å². The molecule has 1 heterocycles. The average Bonchev–Trinajstić information content (AvgIpc) is 2.83. The number of hydrogen-bond acceptors (Lipinski definition) is 4. The number of anilines is 1. The summed E-state index contributed by atoms with van der Waals surface area (Å²) in [6, 6.07) is 11.6. The third-order valence-electron chi connectivity index (χ3n) is 3.82. The highest BCUT2D eigenvalue weighted by molar-refractivity contribution is 7.92. The zero-order valence-corrected chi connectivity index (χ0v) is 14.3. The quantitative estimate of drug-likeness (QED) is 0.770. The summed E-state index contributed by atoms with van der Waals surface area (Å²) in [7, 11) is -2.19. The van der Waals surface area contributed by atoms with Gasteiger partial charge in [-0.05, 0) is 36.2 Å². The van der Waals surface area contributed by atoms with Crippen molar-refractivity contribution in [2.45, 2.75) is 24.7 Å². The molecule has 0 radical (unpaired) electrons. The Balaban J connectivity index is 1.91. The van der Waals surface area contributed by atoms with Gasteiger partial charge in [-0.15, -0.1) is 0 Å². The van der Waals surface area contributed by atoms with Gasteiger partial charge in [-0.25, -0.2) is 13.2 Å². The van der Waals surface area contributed by atoms with Crippen LogP contribution in [-0.2, 0) is 23.5 Å². The van der Waals surface area contributed by atoms with Crippen LogP contribution in [0.2, 0.25) is 0 Å². The first kappa shape index (κ1) is 16.3. The monoisotopic (exact) mass is 346 g/mol. The lowest BCUT2D eigenvalue weighted by atomic mass is 10.1. The summed E-state index contributed by atoms with van der Waals surface area (Å²) in [5, 5.41) is 0. The number of nitrogens with zero attached hydrogens (tertiary/aromatic N) is 1. The summed E-state index contributed by atoms with van der Waals surface area (Å²) in [5.41, 5.74) is 2.43. The summed E-state index contributed by atoms with van der Waals surface area (Å²) in [6.45, 7) is 2.09. The predicted molar refractivity (Wildman–Crippen MR) is 92.7 cm³/mol. The molecule has 1 aromatic heterocycles. The van der Waals surface area contributed by atoms with Gasteiger partial charge in [0.05, 0.1) is 10.4 Å². The fraction of sp³-hybridized carbons (Fsp3) is 0.235. The summed E-state index contributed by atoms with van der Waals surface area (Å²) in [5.74, 6) is -0.529. The molecule has 0 saturated carbocycles. The summed E-state index contributed by atoms with van der Waals surface area (Å²) in [6.07, 6.45) is 1.99. The van der Waals surface area contributed by atoms with Crippen molar-refractivity contribution in [2.24, 2.45) is 7.05 Å². The SMILES string of the molecule is CCCc1ccc(NS(=O)(=O)c2ccc3c(c2)oc(=O)n3C)cc1. The van der Waals surface area contributed by atoms with Crippen molar-refractivity contribution < 1.29 is 12.8 Å². The highest BCUT2D eigenvalue weighted by Crippen LogP contribution is 2.21. The van der Waals surface area contributed by atoms with E-state index in [9.17, 15) is 13.2 Å². The van der Waals surface area contributed by atoms with Crippen LogP contribution >= 0.6 is 0 Å². The zero-order valence-electron chi connectivity index (χ0n) is 13.4. The van der Waals surface area contributed by atoms with Gasteiger partial charge in [0.2, 0.25) is 0 Å². The van der Waals surface area contributed by atoms with Crippen LogP contribution in [-0.4, -0.2) is 13.0 Å². The van der Waals surface area contributed by atoms with Crippen molar-refractivity contribution in [3.63, 3.8) is 0 Å².